The molecule has 12 heteroatoms. The Bertz CT molecular complexity index is 2530. The average molecular weight is 695 g/mol. The summed E-state index contributed by atoms with van der Waals surface area (Å²) in [6.45, 7) is -0.0137. The van der Waals surface area contributed by atoms with E-state index in [-0.39, 0.29) is 19.5 Å². The molecule has 0 fully saturated rings. The van der Waals surface area contributed by atoms with Crippen molar-refractivity contribution in [2.24, 2.45) is 0 Å². The minimum Gasteiger partial charge on any atom is -0.480 e. The fourth-order valence-corrected chi connectivity index (χ4v) is 8.56. The first-order valence-corrected chi connectivity index (χ1v) is 18.5. The molecule has 1 aliphatic heterocycles. The third-order valence-corrected chi connectivity index (χ3v) is 11.2. The van der Waals surface area contributed by atoms with Crippen LogP contribution in [0.25, 0.3) is 55.0 Å². The van der Waals surface area contributed by atoms with Gasteiger partial charge in [-0.2, -0.15) is 13.0 Å². The number of anilines is 1. The smallest absolute Gasteiger partial charge is 0.376 e. The van der Waals surface area contributed by atoms with Crippen molar-refractivity contribution in [3.05, 3.63) is 113 Å². The Kier molecular flexibility index (Phi) is 7.60. The van der Waals surface area contributed by atoms with Crippen LogP contribution in [0.3, 0.4) is 0 Å². The second-order valence-electron chi connectivity index (χ2n) is 11.5. The SMILES string of the molecule is O=C(O)CN1/C(=C/c2oc3ccc(-c4ccc5sccc5c4)cc3[n+]2CCCS(=O)(=O)O)Sc2ccc(-n3ccc4ccccc43)cc21. The standard InChI is InChI=1S/C36H27N3O6S3/c40-36(41)22-39-30-20-27(37-15-12-23-4-1-2-5-28(23)37)8-11-33(30)47-35(39)21-34-38(14-3-17-48(42,43)44)29-19-25(6-9-31(29)45-34)24-7-10-32-26(18-24)13-16-46-32/h1-2,4-13,15-16,18-21H,3,14,17,22H2,(H-,40,41,42,43,44)/p+1. The fraction of sp³-hybridized carbons (Fsp3) is 0.111. The van der Waals surface area contributed by atoms with E-state index in [0.717, 1.165) is 49.2 Å². The van der Waals surface area contributed by atoms with Crippen LogP contribution in [-0.2, 0) is 21.5 Å². The lowest BCUT2D eigenvalue weighted by molar-refractivity contribution is -0.677. The van der Waals surface area contributed by atoms with Gasteiger partial charge in [0.2, 0.25) is 5.58 Å². The monoisotopic (exact) mass is 694 g/mol. The Morgan fingerprint density at radius 2 is 1.77 bits per heavy atom. The number of thiophene rings is 1. The number of carbonyl (C=O) groups is 1. The quantitative estimate of drug-likeness (QED) is 0.116. The highest BCUT2D eigenvalue weighted by atomic mass is 32.2. The first kappa shape index (κ1) is 30.5. The molecular formula is C36H28N3O6S3+. The summed E-state index contributed by atoms with van der Waals surface area (Å²) in [7, 11) is -4.17. The number of rotatable bonds is 9. The van der Waals surface area contributed by atoms with Gasteiger partial charge in [-0.3, -0.25) is 9.35 Å². The van der Waals surface area contributed by atoms with E-state index >= 15 is 0 Å². The van der Waals surface area contributed by atoms with Crippen molar-refractivity contribution in [3.63, 3.8) is 0 Å². The van der Waals surface area contributed by atoms with Crippen molar-refractivity contribution in [1.29, 1.82) is 0 Å². The van der Waals surface area contributed by atoms with Crippen molar-refractivity contribution in [1.82, 2.24) is 4.57 Å². The Morgan fingerprint density at radius 3 is 2.62 bits per heavy atom. The summed E-state index contributed by atoms with van der Waals surface area (Å²) in [5.41, 5.74) is 6.08. The number of hydrogen-bond donors (Lipinski definition) is 2. The summed E-state index contributed by atoms with van der Waals surface area (Å²) in [6, 6.07) is 30.4. The molecule has 8 rings (SSSR count). The average Bonchev–Trinajstić information content (AvgIpc) is 3.85. The molecule has 240 valence electrons. The summed E-state index contributed by atoms with van der Waals surface area (Å²) in [6.07, 6.45) is 3.96. The number of aliphatic carboxylic acids is 1. The maximum atomic E-state index is 12.1. The van der Waals surface area contributed by atoms with Crippen molar-refractivity contribution >= 4 is 83.0 Å². The van der Waals surface area contributed by atoms with Gasteiger partial charge >= 0.3 is 11.9 Å². The van der Waals surface area contributed by atoms with Gasteiger partial charge in [0.25, 0.3) is 15.6 Å². The van der Waals surface area contributed by atoms with Gasteiger partial charge in [-0.15, -0.1) is 11.3 Å². The summed E-state index contributed by atoms with van der Waals surface area (Å²) >= 11 is 3.13. The van der Waals surface area contributed by atoms with Gasteiger partial charge in [0.15, 0.2) is 6.54 Å². The van der Waals surface area contributed by atoms with E-state index in [1.54, 1.807) is 16.2 Å². The normalized spacial score (nSPS) is 14.1. The van der Waals surface area contributed by atoms with Gasteiger partial charge < -0.3 is 19.0 Å². The Labute approximate surface area is 283 Å². The van der Waals surface area contributed by atoms with Crippen LogP contribution in [-0.4, -0.2) is 40.9 Å². The van der Waals surface area contributed by atoms with E-state index in [9.17, 15) is 22.9 Å². The summed E-state index contributed by atoms with van der Waals surface area (Å²) < 4.78 is 44.2. The molecular weight excluding hydrogens is 667 g/mol. The Balaban J connectivity index is 1.21. The topological polar surface area (TPSA) is 117 Å². The molecule has 0 saturated carbocycles. The van der Waals surface area contributed by atoms with Crippen LogP contribution in [0.15, 0.2) is 117 Å². The number of aromatic nitrogens is 2. The number of aryl methyl sites for hydroxylation is 1. The maximum absolute atomic E-state index is 12.1. The number of thioether (sulfide) groups is 1. The minimum atomic E-state index is -4.17. The lowest BCUT2D eigenvalue weighted by Crippen LogP contribution is -2.36. The van der Waals surface area contributed by atoms with Gasteiger partial charge in [-0.05, 0) is 81.9 Å². The van der Waals surface area contributed by atoms with Crippen molar-refractivity contribution in [2.75, 3.05) is 17.2 Å². The highest BCUT2D eigenvalue weighted by Gasteiger charge is 2.31. The number of fused-ring (bicyclic) bond motifs is 4. The van der Waals surface area contributed by atoms with Gasteiger partial charge in [0.1, 0.15) is 6.54 Å². The molecule has 1 aliphatic rings. The number of hydrogen-bond acceptors (Lipinski definition) is 7. The van der Waals surface area contributed by atoms with Gasteiger partial charge in [0.05, 0.1) is 28.1 Å². The zero-order chi connectivity index (χ0) is 33.0. The van der Waals surface area contributed by atoms with Crippen LogP contribution in [0.5, 0.6) is 0 Å². The van der Waals surface area contributed by atoms with E-state index in [0.29, 0.717) is 16.5 Å². The third-order valence-electron chi connectivity index (χ3n) is 8.43. The lowest BCUT2D eigenvalue weighted by Gasteiger charge is -2.18. The second-order valence-corrected chi connectivity index (χ2v) is 15.1. The molecule has 2 N–H and O–H groups in total. The third kappa shape index (κ3) is 5.77. The predicted molar refractivity (Wildman–Crippen MR) is 190 cm³/mol. The van der Waals surface area contributed by atoms with Crippen molar-refractivity contribution in [3.8, 4) is 16.8 Å². The molecule has 0 bridgehead atoms. The molecule has 0 aliphatic carbocycles. The van der Waals surface area contributed by atoms with Gasteiger partial charge in [-0.25, -0.2) is 0 Å². The van der Waals surface area contributed by atoms with Gasteiger partial charge in [-0.1, -0.05) is 42.1 Å². The van der Waals surface area contributed by atoms with Crippen LogP contribution in [0.4, 0.5) is 5.69 Å². The second kappa shape index (κ2) is 12.0. The van der Waals surface area contributed by atoms with Crippen LogP contribution in [0, 0.1) is 0 Å². The van der Waals surface area contributed by atoms with E-state index < -0.39 is 21.8 Å². The van der Waals surface area contributed by atoms with E-state index in [1.165, 1.54) is 16.5 Å². The zero-order valence-electron chi connectivity index (χ0n) is 25.3. The molecule has 0 saturated heterocycles. The van der Waals surface area contributed by atoms with Crippen LogP contribution in [0.1, 0.15) is 12.3 Å². The fourth-order valence-electron chi connectivity index (χ4n) is 6.23. The molecule has 0 amide bonds. The van der Waals surface area contributed by atoms with Crippen LogP contribution < -0.4 is 9.47 Å². The van der Waals surface area contributed by atoms with Gasteiger partial charge in [0, 0.05) is 34.0 Å². The molecule has 4 aromatic carbocycles. The highest BCUT2D eigenvalue weighted by molar-refractivity contribution is 8.03. The highest BCUT2D eigenvalue weighted by Crippen LogP contribution is 2.47. The van der Waals surface area contributed by atoms with Crippen LogP contribution in [0.2, 0.25) is 0 Å². The number of carboxylic acids is 1. The Hall–Kier alpha value is -4.88. The first-order chi connectivity index (χ1) is 23.2. The summed E-state index contributed by atoms with van der Waals surface area (Å²) in [5, 5.41) is 14.9. The van der Waals surface area contributed by atoms with E-state index in [2.05, 4.69) is 40.3 Å². The first-order valence-electron chi connectivity index (χ1n) is 15.2. The molecule has 0 spiro atoms. The summed E-state index contributed by atoms with van der Waals surface area (Å²) in [5.74, 6) is -0.948. The predicted octanol–water partition coefficient (Wildman–Crippen LogP) is 7.82. The number of oxazole rings is 1. The molecule has 48 heavy (non-hydrogen) atoms. The lowest BCUT2D eigenvalue weighted by atomic mass is 10.0. The minimum absolute atomic E-state index is 0.153. The molecule has 3 aromatic heterocycles. The number of carboxylic acid groups (broad SMARTS) is 1. The van der Waals surface area contributed by atoms with Crippen molar-refractivity contribution in [2.45, 2.75) is 17.9 Å². The molecule has 0 radical (unpaired) electrons. The zero-order valence-corrected chi connectivity index (χ0v) is 27.8. The molecule has 0 unspecified atom stereocenters. The Morgan fingerprint density at radius 1 is 0.938 bits per heavy atom. The molecule has 7 aromatic rings. The van der Waals surface area contributed by atoms with Crippen LogP contribution >= 0.6 is 23.1 Å². The largest absolute Gasteiger partial charge is 0.480 e. The molecule has 9 nitrogen and oxygen atoms in total. The number of benzene rings is 4. The molecule has 4 heterocycles. The number of para-hydroxylation sites is 1. The number of nitrogens with zero attached hydrogens (tertiary/aromatic N) is 3. The van der Waals surface area contributed by atoms with Crippen molar-refractivity contribution < 1.29 is 31.9 Å². The molecule has 0 atom stereocenters. The summed E-state index contributed by atoms with van der Waals surface area (Å²) in [4.78, 5) is 14.8. The van der Waals surface area contributed by atoms with E-state index in [4.69, 9.17) is 4.42 Å². The maximum Gasteiger partial charge on any atom is 0.376 e. The van der Waals surface area contributed by atoms with E-state index in [1.807, 2.05) is 77.5 Å².